The lowest BCUT2D eigenvalue weighted by Crippen LogP contribution is -2.49. The van der Waals surface area contributed by atoms with Crippen molar-refractivity contribution in [3.8, 4) is 0 Å². The number of nitrogens with one attached hydrogen (secondary N) is 2. The quantitative estimate of drug-likeness (QED) is 0.611. The summed E-state index contributed by atoms with van der Waals surface area (Å²) in [5, 5.41) is 3.35. The van der Waals surface area contributed by atoms with Gasteiger partial charge in [-0.3, -0.25) is 0 Å². The average molecular weight is 265 g/mol. The van der Waals surface area contributed by atoms with Crippen molar-refractivity contribution < 1.29 is 13.2 Å². The molecule has 0 aliphatic carbocycles. The molecule has 17 heavy (non-hydrogen) atoms. The Morgan fingerprint density at radius 2 is 2.00 bits per heavy atom. The Kier molecular flexibility index (Phi) is 6.35. The van der Waals surface area contributed by atoms with Gasteiger partial charge in [-0.2, -0.15) is 17.4 Å². The lowest BCUT2D eigenvalue weighted by molar-refractivity contribution is 0.203. The minimum Gasteiger partial charge on any atom is -0.383 e. The minimum atomic E-state index is -3.32. The molecule has 1 aliphatic rings. The van der Waals surface area contributed by atoms with Gasteiger partial charge in [-0.15, -0.1) is 0 Å². The first-order valence-electron chi connectivity index (χ1n) is 6.07. The number of methoxy groups -OCH3 is 1. The molecule has 0 spiro atoms. The molecule has 0 atom stereocenters. The van der Waals surface area contributed by atoms with Gasteiger partial charge >= 0.3 is 0 Å². The summed E-state index contributed by atoms with van der Waals surface area (Å²) in [6.07, 6.45) is 1.75. The van der Waals surface area contributed by atoms with Gasteiger partial charge in [0.1, 0.15) is 0 Å². The molecule has 1 rings (SSSR count). The predicted octanol–water partition coefficient (Wildman–Crippen LogP) is -0.459. The number of ether oxygens (including phenoxy) is 1. The normalized spacial score (nSPS) is 19.6. The second-order valence-electron chi connectivity index (χ2n) is 4.12. The van der Waals surface area contributed by atoms with Crippen LogP contribution < -0.4 is 10.0 Å². The number of nitrogens with zero attached hydrogens (tertiary/aromatic N) is 1. The van der Waals surface area contributed by atoms with Gasteiger partial charge in [0, 0.05) is 32.8 Å². The van der Waals surface area contributed by atoms with Crippen molar-refractivity contribution in [2.45, 2.75) is 25.8 Å². The van der Waals surface area contributed by atoms with Crippen molar-refractivity contribution in [1.82, 2.24) is 14.3 Å². The van der Waals surface area contributed by atoms with E-state index in [0.29, 0.717) is 32.3 Å². The van der Waals surface area contributed by atoms with Crippen LogP contribution in [0, 0.1) is 0 Å². The highest BCUT2D eigenvalue weighted by Gasteiger charge is 2.26. The van der Waals surface area contributed by atoms with Gasteiger partial charge in [0.25, 0.3) is 10.2 Å². The summed E-state index contributed by atoms with van der Waals surface area (Å²) in [6, 6.07) is 0.449. The maximum atomic E-state index is 11.9. The van der Waals surface area contributed by atoms with E-state index >= 15 is 0 Å². The van der Waals surface area contributed by atoms with E-state index in [1.165, 1.54) is 4.31 Å². The van der Waals surface area contributed by atoms with Crippen LogP contribution in [0.15, 0.2) is 0 Å². The van der Waals surface area contributed by atoms with Gasteiger partial charge in [-0.1, -0.05) is 6.92 Å². The fourth-order valence-corrected chi connectivity index (χ4v) is 3.17. The second kappa shape index (κ2) is 7.27. The lowest BCUT2D eigenvalue weighted by atomic mass is 10.1. The SMILES string of the molecule is CCNC1CCN(S(=O)(=O)NCCOC)CC1. The molecule has 0 amide bonds. The summed E-state index contributed by atoms with van der Waals surface area (Å²) in [5.41, 5.74) is 0. The van der Waals surface area contributed by atoms with E-state index in [-0.39, 0.29) is 0 Å². The molecule has 1 saturated heterocycles. The number of rotatable bonds is 7. The number of hydrogen-bond acceptors (Lipinski definition) is 4. The fraction of sp³-hybridized carbons (Fsp3) is 1.00. The molecular weight excluding hydrogens is 242 g/mol. The first-order chi connectivity index (χ1) is 8.10. The van der Waals surface area contributed by atoms with Crippen LogP contribution in [0.1, 0.15) is 19.8 Å². The van der Waals surface area contributed by atoms with Crippen LogP contribution in [0.2, 0.25) is 0 Å². The molecule has 0 aromatic rings. The molecule has 0 aromatic carbocycles. The maximum Gasteiger partial charge on any atom is 0.279 e. The predicted molar refractivity (Wildman–Crippen MR) is 67.1 cm³/mol. The van der Waals surface area contributed by atoms with Gasteiger partial charge < -0.3 is 10.1 Å². The van der Waals surface area contributed by atoms with Crippen LogP contribution in [0.3, 0.4) is 0 Å². The number of piperidine rings is 1. The minimum absolute atomic E-state index is 0.325. The molecule has 0 unspecified atom stereocenters. The molecule has 0 bridgehead atoms. The molecule has 1 aliphatic heterocycles. The van der Waals surface area contributed by atoms with Crippen molar-refractivity contribution in [2.75, 3.05) is 39.9 Å². The van der Waals surface area contributed by atoms with Crippen molar-refractivity contribution in [3.05, 3.63) is 0 Å². The first-order valence-corrected chi connectivity index (χ1v) is 7.51. The van der Waals surface area contributed by atoms with Crippen LogP contribution in [-0.2, 0) is 14.9 Å². The summed E-state index contributed by atoms with van der Waals surface area (Å²) in [5.74, 6) is 0. The summed E-state index contributed by atoms with van der Waals surface area (Å²) in [6.45, 7) is 4.89. The Labute approximate surface area is 104 Å². The summed E-state index contributed by atoms with van der Waals surface area (Å²) >= 11 is 0. The third kappa shape index (κ3) is 4.89. The topological polar surface area (TPSA) is 70.7 Å². The zero-order chi connectivity index (χ0) is 12.7. The fourth-order valence-electron chi connectivity index (χ4n) is 1.95. The maximum absolute atomic E-state index is 11.9. The van der Waals surface area contributed by atoms with Gasteiger partial charge in [0.15, 0.2) is 0 Å². The number of hydrogen-bond donors (Lipinski definition) is 2. The monoisotopic (exact) mass is 265 g/mol. The summed E-state index contributed by atoms with van der Waals surface area (Å²) in [7, 11) is -1.77. The molecule has 0 saturated carbocycles. The Bertz CT molecular complexity index is 300. The van der Waals surface area contributed by atoms with Gasteiger partial charge in [-0.05, 0) is 19.4 Å². The van der Waals surface area contributed by atoms with E-state index in [0.717, 1.165) is 19.4 Å². The molecule has 7 heteroatoms. The third-order valence-electron chi connectivity index (χ3n) is 2.88. The molecule has 0 radical (unpaired) electrons. The molecule has 1 heterocycles. The standard InChI is InChI=1S/C10H23N3O3S/c1-3-11-10-4-7-13(8-5-10)17(14,15)12-6-9-16-2/h10-12H,3-9H2,1-2H3. The van der Waals surface area contributed by atoms with Crippen molar-refractivity contribution in [3.63, 3.8) is 0 Å². The lowest BCUT2D eigenvalue weighted by Gasteiger charge is -2.31. The van der Waals surface area contributed by atoms with Crippen LogP contribution >= 0.6 is 0 Å². The highest BCUT2D eigenvalue weighted by atomic mass is 32.2. The molecule has 6 nitrogen and oxygen atoms in total. The highest BCUT2D eigenvalue weighted by Crippen LogP contribution is 2.12. The van der Waals surface area contributed by atoms with Gasteiger partial charge in [0.05, 0.1) is 6.61 Å². The second-order valence-corrected chi connectivity index (χ2v) is 5.88. The van der Waals surface area contributed by atoms with Crippen LogP contribution in [-0.4, -0.2) is 58.7 Å². The van der Waals surface area contributed by atoms with E-state index < -0.39 is 10.2 Å². The molecular formula is C10H23N3O3S. The largest absolute Gasteiger partial charge is 0.383 e. The zero-order valence-electron chi connectivity index (χ0n) is 10.6. The van der Waals surface area contributed by atoms with E-state index in [4.69, 9.17) is 4.74 Å². The molecule has 1 fully saturated rings. The van der Waals surface area contributed by atoms with E-state index in [1.54, 1.807) is 7.11 Å². The van der Waals surface area contributed by atoms with Crippen LogP contribution in [0.25, 0.3) is 0 Å². The van der Waals surface area contributed by atoms with Crippen molar-refractivity contribution >= 4 is 10.2 Å². The van der Waals surface area contributed by atoms with Gasteiger partial charge in [0.2, 0.25) is 0 Å². The van der Waals surface area contributed by atoms with Crippen molar-refractivity contribution in [2.24, 2.45) is 0 Å². The van der Waals surface area contributed by atoms with Crippen LogP contribution in [0.5, 0.6) is 0 Å². The third-order valence-corrected chi connectivity index (χ3v) is 4.49. The first kappa shape index (κ1) is 14.8. The van der Waals surface area contributed by atoms with Gasteiger partial charge in [-0.25, -0.2) is 0 Å². The Balaban J connectivity index is 2.36. The Morgan fingerprint density at radius 3 is 2.53 bits per heavy atom. The van der Waals surface area contributed by atoms with E-state index in [2.05, 4.69) is 17.0 Å². The van der Waals surface area contributed by atoms with E-state index in [9.17, 15) is 8.42 Å². The molecule has 102 valence electrons. The average Bonchev–Trinajstić information content (AvgIpc) is 2.30. The smallest absolute Gasteiger partial charge is 0.279 e. The van der Waals surface area contributed by atoms with E-state index in [1.807, 2.05) is 0 Å². The Hall–Kier alpha value is -0.210. The summed E-state index contributed by atoms with van der Waals surface area (Å²) < 4.78 is 32.6. The zero-order valence-corrected chi connectivity index (χ0v) is 11.4. The Morgan fingerprint density at radius 1 is 1.35 bits per heavy atom. The summed E-state index contributed by atoms with van der Waals surface area (Å²) in [4.78, 5) is 0. The van der Waals surface area contributed by atoms with Crippen LogP contribution in [0.4, 0.5) is 0 Å². The molecule has 2 N–H and O–H groups in total. The highest BCUT2D eigenvalue weighted by molar-refractivity contribution is 7.87. The molecule has 0 aromatic heterocycles. The van der Waals surface area contributed by atoms with Crippen molar-refractivity contribution in [1.29, 1.82) is 0 Å².